The van der Waals surface area contributed by atoms with Crippen molar-refractivity contribution in [1.29, 1.82) is 0 Å². The van der Waals surface area contributed by atoms with E-state index in [2.05, 4.69) is 73.2 Å². The zero-order valence-electron chi connectivity index (χ0n) is 12.9. The minimum atomic E-state index is 0.890. The molecule has 0 spiro atoms. The van der Waals surface area contributed by atoms with Crippen molar-refractivity contribution < 1.29 is 0 Å². The van der Waals surface area contributed by atoms with Crippen molar-refractivity contribution in [3.63, 3.8) is 0 Å². The molecule has 0 fully saturated rings. The molecule has 3 heteroatoms. The standard InChI is InChI=1S/C18H21N3/c1-13-8-9-17-16(12-13)20-18(21(17)3)10-11-19-15-7-5-4-6-14(15)2/h4-9,12,19H,10-11H2,1-3H3. The van der Waals surface area contributed by atoms with Crippen molar-refractivity contribution in [3.05, 3.63) is 59.4 Å². The Bertz CT molecular complexity index is 771. The fourth-order valence-corrected chi connectivity index (χ4v) is 2.66. The average Bonchev–Trinajstić information content (AvgIpc) is 2.77. The summed E-state index contributed by atoms with van der Waals surface area (Å²) in [5.74, 6) is 1.12. The highest BCUT2D eigenvalue weighted by Gasteiger charge is 2.07. The summed E-state index contributed by atoms with van der Waals surface area (Å²) in [6, 6.07) is 14.8. The van der Waals surface area contributed by atoms with Crippen molar-refractivity contribution in [1.82, 2.24) is 9.55 Å². The number of rotatable bonds is 4. The quantitative estimate of drug-likeness (QED) is 0.786. The van der Waals surface area contributed by atoms with E-state index in [1.165, 1.54) is 22.3 Å². The lowest BCUT2D eigenvalue weighted by atomic mass is 10.2. The predicted octanol–water partition coefficient (Wildman–Crippen LogP) is 3.84. The summed E-state index contributed by atoms with van der Waals surface area (Å²) in [4.78, 5) is 4.75. The van der Waals surface area contributed by atoms with E-state index >= 15 is 0 Å². The normalized spacial score (nSPS) is 11.0. The predicted molar refractivity (Wildman–Crippen MR) is 88.8 cm³/mol. The van der Waals surface area contributed by atoms with Crippen LogP contribution in [0.2, 0.25) is 0 Å². The molecule has 0 bridgehead atoms. The Hall–Kier alpha value is -2.29. The van der Waals surface area contributed by atoms with Crippen LogP contribution in [0.25, 0.3) is 11.0 Å². The molecule has 0 aliphatic heterocycles. The van der Waals surface area contributed by atoms with E-state index in [9.17, 15) is 0 Å². The molecule has 0 amide bonds. The third-order valence-corrected chi connectivity index (χ3v) is 3.94. The molecule has 21 heavy (non-hydrogen) atoms. The lowest BCUT2D eigenvalue weighted by molar-refractivity contribution is 0.807. The number of hydrogen-bond donors (Lipinski definition) is 1. The number of fused-ring (bicyclic) bond motifs is 1. The molecule has 108 valence electrons. The van der Waals surface area contributed by atoms with Gasteiger partial charge in [0.2, 0.25) is 0 Å². The summed E-state index contributed by atoms with van der Waals surface area (Å²) < 4.78 is 2.19. The van der Waals surface area contributed by atoms with E-state index in [0.717, 1.165) is 24.3 Å². The number of imidazole rings is 1. The van der Waals surface area contributed by atoms with E-state index in [1.54, 1.807) is 0 Å². The van der Waals surface area contributed by atoms with Crippen LogP contribution in [0.4, 0.5) is 5.69 Å². The molecule has 3 aromatic rings. The minimum Gasteiger partial charge on any atom is -0.384 e. The monoisotopic (exact) mass is 279 g/mol. The van der Waals surface area contributed by atoms with Crippen LogP contribution in [0.3, 0.4) is 0 Å². The fourth-order valence-electron chi connectivity index (χ4n) is 2.66. The molecule has 1 aromatic heterocycles. The van der Waals surface area contributed by atoms with Crippen LogP contribution >= 0.6 is 0 Å². The highest BCUT2D eigenvalue weighted by molar-refractivity contribution is 5.76. The highest BCUT2D eigenvalue weighted by atomic mass is 15.1. The second-order valence-electron chi connectivity index (χ2n) is 5.57. The van der Waals surface area contributed by atoms with E-state index in [0.29, 0.717) is 0 Å². The Labute approximate surface area is 125 Å². The highest BCUT2D eigenvalue weighted by Crippen LogP contribution is 2.17. The van der Waals surface area contributed by atoms with Crippen LogP contribution < -0.4 is 5.32 Å². The van der Waals surface area contributed by atoms with Gasteiger partial charge >= 0.3 is 0 Å². The molecule has 3 nitrogen and oxygen atoms in total. The summed E-state index contributed by atoms with van der Waals surface area (Å²) in [7, 11) is 2.09. The van der Waals surface area contributed by atoms with Crippen molar-refractivity contribution in [2.75, 3.05) is 11.9 Å². The maximum Gasteiger partial charge on any atom is 0.111 e. The van der Waals surface area contributed by atoms with Gasteiger partial charge in [-0.25, -0.2) is 4.98 Å². The zero-order chi connectivity index (χ0) is 14.8. The van der Waals surface area contributed by atoms with E-state index in [-0.39, 0.29) is 0 Å². The Morgan fingerprint density at radius 1 is 1.10 bits per heavy atom. The molecule has 1 N–H and O–H groups in total. The van der Waals surface area contributed by atoms with Gasteiger partial charge in [-0.2, -0.15) is 0 Å². The Morgan fingerprint density at radius 3 is 2.71 bits per heavy atom. The van der Waals surface area contributed by atoms with Crippen LogP contribution in [-0.4, -0.2) is 16.1 Å². The molecule has 0 aliphatic rings. The van der Waals surface area contributed by atoms with Crippen molar-refractivity contribution >= 4 is 16.7 Å². The third kappa shape index (κ3) is 2.77. The zero-order valence-corrected chi connectivity index (χ0v) is 12.9. The molecule has 0 aliphatic carbocycles. The number of aromatic nitrogens is 2. The van der Waals surface area contributed by atoms with Crippen LogP contribution in [0.5, 0.6) is 0 Å². The second kappa shape index (κ2) is 5.60. The Balaban J connectivity index is 1.74. The number of benzene rings is 2. The van der Waals surface area contributed by atoms with Crippen molar-refractivity contribution in [3.8, 4) is 0 Å². The van der Waals surface area contributed by atoms with Gasteiger partial charge in [-0.05, 0) is 43.2 Å². The first-order chi connectivity index (χ1) is 10.1. The number of hydrogen-bond acceptors (Lipinski definition) is 2. The fraction of sp³-hybridized carbons (Fsp3) is 0.278. The molecule has 3 rings (SSSR count). The number of nitrogens with one attached hydrogen (secondary N) is 1. The van der Waals surface area contributed by atoms with E-state index in [4.69, 9.17) is 4.98 Å². The van der Waals surface area contributed by atoms with Gasteiger partial charge in [0, 0.05) is 25.7 Å². The van der Waals surface area contributed by atoms with Crippen LogP contribution in [0.1, 0.15) is 17.0 Å². The lowest BCUT2D eigenvalue weighted by Crippen LogP contribution is -2.09. The summed E-state index contributed by atoms with van der Waals surface area (Å²) in [6.07, 6.45) is 0.915. The first-order valence-corrected chi connectivity index (χ1v) is 7.36. The average molecular weight is 279 g/mol. The van der Waals surface area contributed by atoms with Gasteiger partial charge < -0.3 is 9.88 Å². The van der Waals surface area contributed by atoms with Crippen molar-refractivity contribution in [2.45, 2.75) is 20.3 Å². The van der Waals surface area contributed by atoms with E-state index in [1.807, 2.05) is 0 Å². The Kier molecular flexibility index (Phi) is 3.65. The SMILES string of the molecule is Cc1ccc2c(c1)nc(CCNc1ccccc1C)n2C. The van der Waals surface area contributed by atoms with Gasteiger partial charge in [0.25, 0.3) is 0 Å². The molecule has 0 saturated carbocycles. The third-order valence-electron chi connectivity index (χ3n) is 3.94. The molecular weight excluding hydrogens is 258 g/mol. The maximum absolute atomic E-state index is 4.75. The topological polar surface area (TPSA) is 29.9 Å². The van der Waals surface area contributed by atoms with Gasteiger partial charge in [0.15, 0.2) is 0 Å². The molecule has 0 saturated heterocycles. The molecule has 1 heterocycles. The Morgan fingerprint density at radius 2 is 1.90 bits per heavy atom. The molecular formula is C18H21N3. The minimum absolute atomic E-state index is 0.890. The molecule has 0 unspecified atom stereocenters. The largest absolute Gasteiger partial charge is 0.384 e. The summed E-state index contributed by atoms with van der Waals surface area (Å²) in [5, 5.41) is 3.49. The number of nitrogens with zero attached hydrogens (tertiary/aromatic N) is 2. The van der Waals surface area contributed by atoms with Crippen LogP contribution in [0, 0.1) is 13.8 Å². The van der Waals surface area contributed by atoms with Gasteiger partial charge in [-0.3, -0.25) is 0 Å². The number of aryl methyl sites for hydroxylation is 3. The number of anilines is 1. The first kappa shape index (κ1) is 13.7. The second-order valence-corrected chi connectivity index (χ2v) is 5.57. The van der Waals surface area contributed by atoms with E-state index < -0.39 is 0 Å². The smallest absolute Gasteiger partial charge is 0.111 e. The maximum atomic E-state index is 4.75. The molecule has 2 aromatic carbocycles. The number of para-hydroxylation sites is 1. The summed E-state index contributed by atoms with van der Waals surface area (Å²) >= 11 is 0. The first-order valence-electron chi connectivity index (χ1n) is 7.36. The van der Waals surface area contributed by atoms with Gasteiger partial charge in [-0.1, -0.05) is 24.3 Å². The van der Waals surface area contributed by atoms with Gasteiger partial charge in [0.05, 0.1) is 11.0 Å². The summed E-state index contributed by atoms with van der Waals surface area (Å²) in [5.41, 5.74) is 6.02. The molecule has 0 atom stereocenters. The summed E-state index contributed by atoms with van der Waals surface area (Å²) in [6.45, 7) is 5.12. The molecule has 0 radical (unpaired) electrons. The van der Waals surface area contributed by atoms with Crippen LogP contribution in [0.15, 0.2) is 42.5 Å². The lowest BCUT2D eigenvalue weighted by Gasteiger charge is -2.09. The van der Waals surface area contributed by atoms with Gasteiger partial charge in [-0.15, -0.1) is 0 Å². The van der Waals surface area contributed by atoms with Crippen molar-refractivity contribution in [2.24, 2.45) is 7.05 Å². The van der Waals surface area contributed by atoms with Crippen LogP contribution in [-0.2, 0) is 13.5 Å². The van der Waals surface area contributed by atoms with Gasteiger partial charge in [0.1, 0.15) is 5.82 Å².